The largest absolute Gasteiger partial charge is 0.360 e. The molecule has 3 heteroatoms. The Morgan fingerprint density at radius 1 is 1.31 bits per heavy atom. The number of rotatable bonds is 2. The van der Waals surface area contributed by atoms with Crippen LogP contribution in [-0.2, 0) is 0 Å². The summed E-state index contributed by atoms with van der Waals surface area (Å²) in [7, 11) is 0. The van der Waals surface area contributed by atoms with Gasteiger partial charge in [-0.25, -0.2) is 0 Å². The Bertz CT molecular complexity index is 523. The molecule has 0 spiro atoms. The lowest BCUT2D eigenvalue weighted by Gasteiger charge is -2.07. The number of carbonyl (C=O) groups excluding carboxylic acids is 1. The second kappa shape index (κ2) is 3.76. The molecule has 1 atom stereocenters. The summed E-state index contributed by atoms with van der Waals surface area (Å²) < 4.78 is 0. The summed E-state index contributed by atoms with van der Waals surface area (Å²) in [5.41, 5.74) is 1.85. The van der Waals surface area contributed by atoms with Crippen LogP contribution in [0.5, 0.6) is 0 Å². The van der Waals surface area contributed by atoms with Crippen LogP contribution in [0.1, 0.15) is 23.2 Å². The third-order valence-corrected chi connectivity index (χ3v) is 3.23. The van der Waals surface area contributed by atoms with E-state index in [0.717, 1.165) is 35.9 Å². The minimum absolute atomic E-state index is 0.0132. The van der Waals surface area contributed by atoms with Crippen molar-refractivity contribution in [3.63, 3.8) is 0 Å². The van der Waals surface area contributed by atoms with Crippen molar-refractivity contribution in [3.05, 3.63) is 36.0 Å². The van der Waals surface area contributed by atoms with Gasteiger partial charge in [0.05, 0.1) is 6.04 Å². The fraction of sp³-hybridized carbons (Fsp3) is 0.308. The van der Waals surface area contributed by atoms with E-state index in [1.807, 2.05) is 30.5 Å². The van der Waals surface area contributed by atoms with Gasteiger partial charge >= 0.3 is 0 Å². The van der Waals surface area contributed by atoms with Crippen LogP contribution in [0.2, 0.25) is 0 Å². The summed E-state index contributed by atoms with van der Waals surface area (Å²) in [6.07, 6.45) is 3.88. The van der Waals surface area contributed by atoms with Gasteiger partial charge in [0.2, 0.25) is 0 Å². The highest BCUT2D eigenvalue weighted by Gasteiger charge is 2.24. The van der Waals surface area contributed by atoms with E-state index in [-0.39, 0.29) is 11.8 Å². The van der Waals surface area contributed by atoms with Crippen LogP contribution < -0.4 is 5.32 Å². The van der Waals surface area contributed by atoms with E-state index in [1.165, 1.54) is 0 Å². The molecule has 1 fully saturated rings. The Morgan fingerprint density at radius 3 is 3.00 bits per heavy atom. The molecule has 1 aliphatic rings. The van der Waals surface area contributed by atoms with Crippen molar-refractivity contribution in [2.45, 2.75) is 18.9 Å². The molecule has 16 heavy (non-hydrogen) atoms. The maximum absolute atomic E-state index is 12.2. The van der Waals surface area contributed by atoms with Gasteiger partial charge in [0.1, 0.15) is 0 Å². The van der Waals surface area contributed by atoms with E-state index in [1.54, 1.807) is 0 Å². The van der Waals surface area contributed by atoms with Crippen molar-refractivity contribution in [1.29, 1.82) is 0 Å². The predicted molar refractivity (Wildman–Crippen MR) is 63.7 cm³/mol. The van der Waals surface area contributed by atoms with E-state index >= 15 is 0 Å². The van der Waals surface area contributed by atoms with Gasteiger partial charge in [-0.15, -0.1) is 0 Å². The van der Waals surface area contributed by atoms with Crippen molar-refractivity contribution < 1.29 is 4.79 Å². The standard InChI is InChI=1S/C13H14N2O/c16-13(12-6-3-7-14-12)10-8-15-11-5-2-1-4-9(10)11/h1-2,4-5,8,12,14-15H,3,6-7H2. The monoisotopic (exact) mass is 214 g/mol. The van der Waals surface area contributed by atoms with Gasteiger partial charge < -0.3 is 10.3 Å². The van der Waals surface area contributed by atoms with Gasteiger partial charge in [-0.2, -0.15) is 0 Å². The minimum atomic E-state index is 0.0132. The van der Waals surface area contributed by atoms with Crippen LogP contribution in [0.15, 0.2) is 30.5 Å². The molecule has 2 aromatic rings. The molecule has 1 aliphatic heterocycles. The molecule has 0 bridgehead atoms. The Hall–Kier alpha value is -1.61. The highest BCUT2D eigenvalue weighted by Crippen LogP contribution is 2.21. The van der Waals surface area contributed by atoms with Gasteiger partial charge in [0, 0.05) is 22.7 Å². The van der Waals surface area contributed by atoms with Gasteiger partial charge in [-0.1, -0.05) is 18.2 Å². The first-order chi connectivity index (χ1) is 7.86. The second-order valence-corrected chi connectivity index (χ2v) is 4.26. The number of carbonyl (C=O) groups is 1. The molecule has 2 N–H and O–H groups in total. The lowest BCUT2D eigenvalue weighted by molar-refractivity contribution is 0.0954. The zero-order valence-electron chi connectivity index (χ0n) is 8.99. The highest BCUT2D eigenvalue weighted by molar-refractivity contribution is 6.10. The lowest BCUT2D eigenvalue weighted by Crippen LogP contribution is -2.30. The molecular weight excluding hydrogens is 200 g/mol. The molecule has 3 rings (SSSR count). The van der Waals surface area contributed by atoms with E-state index in [9.17, 15) is 4.79 Å². The van der Waals surface area contributed by atoms with E-state index in [4.69, 9.17) is 0 Å². The number of nitrogens with one attached hydrogen (secondary N) is 2. The fourth-order valence-corrected chi connectivity index (χ4v) is 2.37. The van der Waals surface area contributed by atoms with Gasteiger partial charge in [-0.3, -0.25) is 4.79 Å². The normalized spacial score (nSPS) is 20.4. The smallest absolute Gasteiger partial charge is 0.181 e. The first kappa shape index (κ1) is 9.60. The van der Waals surface area contributed by atoms with Crippen molar-refractivity contribution >= 4 is 16.7 Å². The predicted octanol–water partition coefficient (Wildman–Crippen LogP) is 2.10. The van der Waals surface area contributed by atoms with E-state index in [0.29, 0.717) is 0 Å². The highest BCUT2D eigenvalue weighted by atomic mass is 16.1. The topological polar surface area (TPSA) is 44.9 Å². The number of aromatic amines is 1. The van der Waals surface area contributed by atoms with Crippen LogP contribution in [-0.4, -0.2) is 23.4 Å². The summed E-state index contributed by atoms with van der Waals surface area (Å²) in [4.78, 5) is 15.4. The molecule has 0 radical (unpaired) electrons. The number of ketones is 1. The van der Waals surface area contributed by atoms with E-state index < -0.39 is 0 Å². The Balaban J connectivity index is 2.02. The molecule has 1 unspecified atom stereocenters. The number of fused-ring (bicyclic) bond motifs is 1. The van der Waals surface area contributed by atoms with Gasteiger partial charge in [0.25, 0.3) is 0 Å². The molecule has 0 aliphatic carbocycles. The number of benzene rings is 1. The maximum atomic E-state index is 12.2. The number of H-pyrrole nitrogens is 1. The summed E-state index contributed by atoms with van der Waals surface area (Å²) in [6.45, 7) is 0.957. The van der Waals surface area contributed by atoms with Crippen LogP contribution in [0.25, 0.3) is 10.9 Å². The summed E-state index contributed by atoms with van der Waals surface area (Å²) in [6, 6.07) is 7.94. The quantitative estimate of drug-likeness (QED) is 0.752. The number of Topliss-reactive ketones (excluding diaryl/α,β-unsaturated/α-hetero) is 1. The number of aromatic nitrogens is 1. The zero-order chi connectivity index (χ0) is 11.0. The van der Waals surface area contributed by atoms with Crippen LogP contribution in [0.4, 0.5) is 0 Å². The molecule has 0 saturated carbocycles. The lowest BCUT2D eigenvalue weighted by atomic mass is 10.0. The maximum Gasteiger partial charge on any atom is 0.181 e. The van der Waals surface area contributed by atoms with Crippen LogP contribution in [0.3, 0.4) is 0 Å². The van der Waals surface area contributed by atoms with Crippen LogP contribution >= 0.6 is 0 Å². The molecule has 2 heterocycles. The first-order valence-corrected chi connectivity index (χ1v) is 5.70. The summed E-state index contributed by atoms with van der Waals surface area (Å²) in [5.74, 6) is 0.218. The van der Waals surface area contributed by atoms with Crippen molar-refractivity contribution in [2.75, 3.05) is 6.54 Å². The second-order valence-electron chi connectivity index (χ2n) is 4.26. The van der Waals surface area contributed by atoms with Crippen molar-refractivity contribution in [2.24, 2.45) is 0 Å². The Kier molecular flexibility index (Phi) is 2.26. The number of hydrogen-bond donors (Lipinski definition) is 2. The Morgan fingerprint density at radius 2 is 2.19 bits per heavy atom. The third-order valence-electron chi connectivity index (χ3n) is 3.23. The number of hydrogen-bond acceptors (Lipinski definition) is 2. The van der Waals surface area contributed by atoms with E-state index in [2.05, 4.69) is 10.3 Å². The van der Waals surface area contributed by atoms with Crippen molar-refractivity contribution in [3.8, 4) is 0 Å². The zero-order valence-corrected chi connectivity index (χ0v) is 8.99. The molecule has 0 amide bonds. The minimum Gasteiger partial charge on any atom is -0.360 e. The first-order valence-electron chi connectivity index (χ1n) is 5.70. The number of para-hydroxylation sites is 1. The molecule has 1 saturated heterocycles. The molecule has 1 aromatic carbocycles. The summed E-state index contributed by atoms with van der Waals surface area (Å²) >= 11 is 0. The van der Waals surface area contributed by atoms with Crippen LogP contribution in [0, 0.1) is 0 Å². The molecule has 82 valence electrons. The van der Waals surface area contributed by atoms with Gasteiger partial charge in [-0.05, 0) is 25.5 Å². The third kappa shape index (κ3) is 1.44. The molecular formula is C13H14N2O. The van der Waals surface area contributed by atoms with Gasteiger partial charge in [0.15, 0.2) is 5.78 Å². The fourth-order valence-electron chi connectivity index (χ4n) is 2.37. The summed E-state index contributed by atoms with van der Waals surface area (Å²) in [5, 5.41) is 4.27. The van der Waals surface area contributed by atoms with Crippen molar-refractivity contribution in [1.82, 2.24) is 10.3 Å². The average Bonchev–Trinajstić information content (AvgIpc) is 2.98. The average molecular weight is 214 g/mol. The molecule has 1 aromatic heterocycles. The Labute approximate surface area is 93.9 Å². The molecule has 3 nitrogen and oxygen atoms in total. The SMILES string of the molecule is O=C(c1c[nH]c2ccccc12)C1CCCN1.